The Morgan fingerprint density at radius 1 is 1.12 bits per heavy atom. The van der Waals surface area contributed by atoms with Crippen LogP contribution in [0, 0.1) is 0 Å². The number of carbonyl (C=O) groups excluding carboxylic acids is 1. The lowest BCUT2D eigenvalue weighted by Crippen LogP contribution is -2.32. The minimum Gasteiger partial charge on any atom is -0.493 e. The molecule has 0 bridgehead atoms. The van der Waals surface area contributed by atoms with E-state index < -0.39 is 0 Å². The Morgan fingerprint density at radius 2 is 1.91 bits per heavy atom. The van der Waals surface area contributed by atoms with Gasteiger partial charge in [-0.2, -0.15) is 0 Å². The molecule has 10 nitrogen and oxygen atoms in total. The number of aromatic nitrogens is 4. The van der Waals surface area contributed by atoms with Crippen LogP contribution in [0.15, 0.2) is 41.5 Å². The van der Waals surface area contributed by atoms with Gasteiger partial charge in [-0.1, -0.05) is 0 Å². The van der Waals surface area contributed by atoms with Gasteiger partial charge in [0.25, 0.3) is 5.91 Å². The first-order valence-corrected chi connectivity index (χ1v) is 10.3. The fourth-order valence-electron chi connectivity index (χ4n) is 3.57. The van der Waals surface area contributed by atoms with Crippen molar-refractivity contribution in [3.63, 3.8) is 0 Å². The number of hydrogen-bond donors (Lipinski definition) is 1. The van der Waals surface area contributed by atoms with Crippen molar-refractivity contribution in [2.24, 2.45) is 0 Å². The number of ether oxygens (including phenoxy) is 3. The van der Waals surface area contributed by atoms with Gasteiger partial charge in [-0.3, -0.25) is 14.3 Å². The van der Waals surface area contributed by atoms with Crippen LogP contribution in [-0.2, 0) is 6.54 Å². The van der Waals surface area contributed by atoms with Crippen LogP contribution >= 0.6 is 0 Å². The summed E-state index contributed by atoms with van der Waals surface area (Å²) in [5.74, 6) is 1.31. The summed E-state index contributed by atoms with van der Waals surface area (Å²) in [6.45, 7) is 0.442. The van der Waals surface area contributed by atoms with Gasteiger partial charge in [0.05, 0.1) is 33.4 Å². The fraction of sp³-hybridized carbons (Fsp3) is 0.364. The minimum atomic E-state index is -0.357. The maximum absolute atomic E-state index is 12.9. The van der Waals surface area contributed by atoms with Crippen molar-refractivity contribution in [3.05, 3.63) is 52.7 Å². The molecule has 1 aliphatic rings. The zero-order valence-electron chi connectivity index (χ0n) is 18.2. The molecule has 0 radical (unpaired) electrons. The smallest absolute Gasteiger partial charge is 0.346 e. The molecule has 4 rings (SSSR count). The molecule has 168 valence electrons. The number of amides is 1. The topological polar surface area (TPSA) is 110 Å². The second kappa shape index (κ2) is 9.13. The zero-order valence-corrected chi connectivity index (χ0v) is 18.2. The van der Waals surface area contributed by atoms with Crippen LogP contribution in [0.5, 0.6) is 17.2 Å². The summed E-state index contributed by atoms with van der Waals surface area (Å²) in [5, 5.41) is 7.32. The number of rotatable bonds is 9. The van der Waals surface area contributed by atoms with Gasteiger partial charge in [0, 0.05) is 30.5 Å². The lowest BCUT2D eigenvalue weighted by Gasteiger charge is -2.15. The summed E-state index contributed by atoms with van der Waals surface area (Å²) < 4.78 is 19.1. The monoisotopic (exact) mass is 439 g/mol. The predicted molar refractivity (Wildman–Crippen MR) is 116 cm³/mol. The number of benzene rings is 1. The SMILES string of the molecule is COc1ccc(C(=O)NCCn2nc(-c3cccnc3)n(C3CC3)c2=O)c(OC)c1OC. The summed E-state index contributed by atoms with van der Waals surface area (Å²) in [5.41, 5.74) is 0.899. The van der Waals surface area contributed by atoms with Crippen molar-refractivity contribution >= 4 is 5.91 Å². The Hall–Kier alpha value is -3.82. The van der Waals surface area contributed by atoms with Gasteiger partial charge in [0.15, 0.2) is 17.3 Å². The third-order valence-corrected chi connectivity index (χ3v) is 5.26. The van der Waals surface area contributed by atoms with E-state index in [1.807, 2.05) is 12.1 Å². The highest BCUT2D eigenvalue weighted by Gasteiger charge is 2.30. The number of pyridine rings is 1. The average molecular weight is 439 g/mol. The highest BCUT2D eigenvalue weighted by Crippen LogP contribution is 2.39. The first-order chi connectivity index (χ1) is 15.6. The van der Waals surface area contributed by atoms with Crippen LogP contribution in [0.25, 0.3) is 11.4 Å². The van der Waals surface area contributed by atoms with Gasteiger partial charge in [-0.05, 0) is 37.1 Å². The van der Waals surface area contributed by atoms with Crippen LogP contribution in [0.3, 0.4) is 0 Å². The molecule has 0 spiro atoms. The first kappa shape index (κ1) is 21.4. The van der Waals surface area contributed by atoms with E-state index in [4.69, 9.17) is 14.2 Å². The maximum atomic E-state index is 12.9. The van der Waals surface area contributed by atoms with E-state index in [2.05, 4.69) is 15.4 Å². The molecule has 32 heavy (non-hydrogen) atoms. The van der Waals surface area contributed by atoms with Gasteiger partial charge < -0.3 is 19.5 Å². The first-order valence-electron chi connectivity index (χ1n) is 10.3. The Morgan fingerprint density at radius 3 is 2.53 bits per heavy atom. The molecule has 1 amide bonds. The molecule has 0 saturated heterocycles. The van der Waals surface area contributed by atoms with Crippen molar-refractivity contribution in [1.29, 1.82) is 0 Å². The van der Waals surface area contributed by atoms with E-state index in [-0.39, 0.29) is 36.5 Å². The summed E-state index contributed by atoms with van der Waals surface area (Å²) >= 11 is 0. The standard InChI is InChI=1S/C22H25N5O5/c1-30-17-9-8-16(18(31-2)19(17)32-3)21(28)24-11-12-26-22(29)27(15-6-7-15)20(25-26)14-5-4-10-23-13-14/h4-5,8-10,13,15H,6-7,11-12H2,1-3H3,(H,24,28). The normalized spacial score (nSPS) is 13.0. The summed E-state index contributed by atoms with van der Waals surface area (Å²) in [7, 11) is 4.44. The third-order valence-electron chi connectivity index (χ3n) is 5.26. The largest absolute Gasteiger partial charge is 0.493 e. The van der Waals surface area contributed by atoms with Crippen LogP contribution in [0.2, 0.25) is 0 Å². The molecule has 1 saturated carbocycles. The van der Waals surface area contributed by atoms with Crippen LogP contribution < -0.4 is 25.2 Å². The molecule has 0 atom stereocenters. The Bertz CT molecular complexity index is 1170. The highest BCUT2D eigenvalue weighted by molar-refractivity contribution is 5.98. The van der Waals surface area contributed by atoms with E-state index in [1.54, 1.807) is 29.1 Å². The van der Waals surface area contributed by atoms with Crippen molar-refractivity contribution in [2.45, 2.75) is 25.4 Å². The average Bonchev–Trinajstić information content (AvgIpc) is 3.61. The fourth-order valence-corrected chi connectivity index (χ4v) is 3.57. The zero-order chi connectivity index (χ0) is 22.7. The quantitative estimate of drug-likeness (QED) is 0.542. The van der Waals surface area contributed by atoms with Crippen molar-refractivity contribution in [2.75, 3.05) is 27.9 Å². The Kier molecular flexibility index (Phi) is 6.11. The van der Waals surface area contributed by atoms with E-state index in [9.17, 15) is 9.59 Å². The highest BCUT2D eigenvalue weighted by atomic mass is 16.5. The minimum absolute atomic E-state index is 0.164. The number of nitrogens with zero attached hydrogens (tertiary/aromatic N) is 4. The number of nitrogens with one attached hydrogen (secondary N) is 1. The van der Waals surface area contributed by atoms with Crippen LogP contribution in [0.1, 0.15) is 29.2 Å². The van der Waals surface area contributed by atoms with Crippen LogP contribution in [-0.4, -0.2) is 53.1 Å². The van der Waals surface area contributed by atoms with Crippen LogP contribution in [0.4, 0.5) is 0 Å². The molecule has 2 aromatic heterocycles. The maximum Gasteiger partial charge on any atom is 0.346 e. The van der Waals surface area contributed by atoms with E-state index >= 15 is 0 Å². The molecular formula is C22H25N5O5. The number of hydrogen-bond acceptors (Lipinski definition) is 7. The predicted octanol–water partition coefficient (Wildman–Crippen LogP) is 1.90. The molecule has 10 heteroatoms. The van der Waals surface area contributed by atoms with Crippen molar-refractivity contribution < 1.29 is 19.0 Å². The van der Waals surface area contributed by atoms with E-state index in [0.717, 1.165) is 18.4 Å². The molecule has 2 heterocycles. The summed E-state index contributed by atoms with van der Waals surface area (Å²) in [6.07, 6.45) is 5.28. The molecule has 1 aromatic carbocycles. The molecule has 0 aliphatic heterocycles. The van der Waals surface area contributed by atoms with E-state index in [1.165, 1.54) is 26.0 Å². The van der Waals surface area contributed by atoms with E-state index in [0.29, 0.717) is 22.9 Å². The number of methoxy groups -OCH3 is 3. The molecule has 1 fully saturated rings. The third kappa shape index (κ3) is 4.03. The Balaban J connectivity index is 1.51. The molecule has 3 aromatic rings. The van der Waals surface area contributed by atoms with Gasteiger partial charge in [-0.25, -0.2) is 9.48 Å². The Labute approximate surface area is 184 Å². The van der Waals surface area contributed by atoms with Crippen molar-refractivity contribution in [1.82, 2.24) is 24.6 Å². The lowest BCUT2D eigenvalue weighted by atomic mass is 10.1. The van der Waals surface area contributed by atoms with Crippen molar-refractivity contribution in [3.8, 4) is 28.6 Å². The molecule has 1 aliphatic carbocycles. The van der Waals surface area contributed by atoms with Gasteiger partial charge in [-0.15, -0.1) is 5.10 Å². The second-order valence-corrected chi connectivity index (χ2v) is 7.31. The molecule has 0 unspecified atom stereocenters. The second-order valence-electron chi connectivity index (χ2n) is 7.31. The summed E-state index contributed by atoms with van der Waals surface area (Å²) in [6, 6.07) is 7.09. The molecular weight excluding hydrogens is 414 g/mol. The van der Waals surface area contributed by atoms with Gasteiger partial charge >= 0.3 is 5.69 Å². The summed E-state index contributed by atoms with van der Waals surface area (Å²) in [4.78, 5) is 29.8. The molecule has 1 N–H and O–H groups in total. The van der Waals surface area contributed by atoms with Gasteiger partial charge in [0.2, 0.25) is 5.75 Å². The number of carbonyl (C=O) groups is 1. The van der Waals surface area contributed by atoms with Gasteiger partial charge in [0.1, 0.15) is 0 Å². The lowest BCUT2D eigenvalue weighted by molar-refractivity contribution is 0.0948.